The summed E-state index contributed by atoms with van der Waals surface area (Å²) in [4.78, 5) is 6.83. The van der Waals surface area contributed by atoms with Gasteiger partial charge in [-0.2, -0.15) is 10.1 Å². The Morgan fingerprint density at radius 3 is 3.22 bits per heavy atom. The van der Waals surface area contributed by atoms with Crippen molar-refractivity contribution in [1.29, 1.82) is 0 Å². The number of benzene rings is 1. The normalized spacial score (nSPS) is 14.8. The molecule has 1 aliphatic heterocycles. The van der Waals surface area contributed by atoms with E-state index in [9.17, 15) is 0 Å². The lowest BCUT2D eigenvalue weighted by Gasteiger charge is -2.25. The molecule has 0 bridgehead atoms. The van der Waals surface area contributed by atoms with Crippen molar-refractivity contribution >= 4 is 11.6 Å². The van der Waals surface area contributed by atoms with E-state index in [2.05, 4.69) is 25.2 Å². The Morgan fingerprint density at radius 1 is 1.35 bits per heavy atom. The van der Waals surface area contributed by atoms with Gasteiger partial charge in [-0.1, -0.05) is 28.9 Å². The molecule has 1 aromatic carbocycles. The van der Waals surface area contributed by atoms with Gasteiger partial charge in [0, 0.05) is 54.3 Å². The summed E-state index contributed by atoms with van der Waals surface area (Å²) in [7, 11) is 0. The molecule has 0 aliphatic carbocycles. The van der Waals surface area contributed by atoms with E-state index in [1.165, 1.54) is 11.3 Å². The van der Waals surface area contributed by atoms with Crippen LogP contribution in [0.2, 0.25) is 5.02 Å². The van der Waals surface area contributed by atoms with Gasteiger partial charge >= 0.3 is 0 Å². The summed E-state index contributed by atoms with van der Waals surface area (Å²) >= 11 is 6.00. The number of fused-ring (bicyclic) bond motifs is 1. The van der Waals surface area contributed by atoms with Crippen molar-refractivity contribution in [2.24, 2.45) is 0 Å². The fraction of sp³-hybridized carbons (Fsp3) is 0.312. The smallest absolute Gasteiger partial charge is 0.228 e. The fourth-order valence-corrected chi connectivity index (χ4v) is 3.02. The van der Waals surface area contributed by atoms with E-state index in [0.29, 0.717) is 16.7 Å². The Balaban J connectivity index is 1.39. The van der Waals surface area contributed by atoms with Gasteiger partial charge in [0.05, 0.1) is 6.20 Å². The maximum absolute atomic E-state index is 6.00. The molecule has 4 rings (SSSR count). The SMILES string of the molecule is Clc1cccc(-c2noc(CCN3CCc4[nH]ncc4C3)n2)c1. The van der Waals surface area contributed by atoms with Crippen molar-refractivity contribution in [2.75, 3.05) is 13.1 Å². The number of rotatable bonds is 4. The fourth-order valence-electron chi connectivity index (χ4n) is 2.83. The molecule has 3 aromatic rings. The van der Waals surface area contributed by atoms with Gasteiger partial charge in [0.1, 0.15) is 0 Å². The van der Waals surface area contributed by atoms with Crippen LogP contribution in [0.1, 0.15) is 17.1 Å². The standard InChI is InChI=1S/C16H16ClN5O/c17-13-3-1-2-11(8-13)16-19-15(23-21-16)5-7-22-6-4-14-12(10-22)9-18-20-14/h1-3,8-9H,4-7,10H2,(H,18,20). The number of H-pyrrole nitrogens is 1. The Morgan fingerprint density at radius 2 is 2.30 bits per heavy atom. The molecule has 118 valence electrons. The highest BCUT2D eigenvalue weighted by Gasteiger charge is 2.18. The summed E-state index contributed by atoms with van der Waals surface area (Å²) in [6, 6.07) is 7.46. The van der Waals surface area contributed by atoms with Gasteiger partial charge in [-0.05, 0) is 12.1 Å². The summed E-state index contributed by atoms with van der Waals surface area (Å²) in [5.41, 5.74) is 3.40. The van der Waals surface area contributed by atoms with E-state index in [4.69, 9.17) is 16.1 Å². The average molecular weight is 330 g/mol. The quantitative estimate of drug-likeness (QED) is 0.797. The summed E-state index contributed by atoms with van der Waals surface area (Å²) in [5, 5.41) is 11.9. The van der Waals surface area contributed by atoms with Gasteiger partial charge in [0.15, 0.2) is 0 Å². The van der Waals surface area contributed by atoms with Crippen LogP contribution in [0.15, 0.2) is 35.0 Å². The molecule has 0 atom stereocenters. The number of hydrogen-bond acceptors (Lipinski definition) is 5. The zero-order valence-corrected chi connectivity index (χ0v) is 13.3. The number of halogens is 1. The van der Waals surface area contributed by atoms with E-state index in [1.54, 1.807) is 0 Å². The van der Waals surface area contributed by atoms with Crippen LogP contribution in [0.25, 0.3) is 11.4 Å². The highest BCUT2D eigenvalue weighted by molar-refractivity contribution is 6.30. The van der Waals surface area contributed by atoms with Gasteiger partial charge in [0.25, 0.3) is 0 Å². The first-order valence-electron chi connectivity index (χ1n) is 7.60. The van der Waals surface area contributed by atoms with Crippen LogP contribution in [0.4, 0.5) is 0 Å². The molecule has 0 saturated heterocycles. The molecule has 0 radical (unpaired) electrons. The van der Waals surface area contributed by atoms with Gasteiger partial charge in [0.2, 0.25) is 11.7 Å². The van der Waals surface area contributed by atoms with Crippen LogP contribution in [0.5, 0.6) is 0 Å². The Bertz CT molecular complexity index is 812. The third-order valence-electron chi connectivity index (χ3n) is 4.07. The second kappa shape index (κ2) is 6.14. The van der Waals surface area contributed by atoms with Gasteiger partial charge in [-0.25, -0.2) is 0 Å². The molecular formula is C16H16ClN5O. The van der Waals surface area contributed by atoms with Gasteiger partial charge in [-0.15, -0.1) is 0 Å². The molecule has 0 unspecified atom stereocenters. The first kappa shape index (κ1) is 14.4. The van der Waals surface area contributed by atoms with E-state index < -0.39 is 0 Å². The third-order valence-corrected chi connectivity index (χ3v) is 4.31. The van der Waals surface area contributed by atoms with Crippen LogP contribution in [0, 0.1) is 0 Å². The predicted octanol–water partition coefficient (Wildman–Crippen LogP) is 2.71. The first-order chi connectivity index (χ1) is 11.3. The van der Waals surface area contributed by atoms with Crippen LogP contribution >= 0.6 is 11.6 Å². The molecule has 1 N–H and O–H groups in total. The Labute approximate surface area is 138 Å². The van der Waals surface area contributed by atoms with E-state index >= 15 is 0 Å². The molecule has 0 saturated carbocycles. The minimum Gasteiger partial charge on any atom is -0.339 e. The topological polar surface area (TPSA) is 70.8 Å². The molecule has 1 aliphatic rings. The number of aromatic amines is 1. The second-order valence-corrected chi connectivity index (χ2v) is 6.11. The summed E-state index contributed by atoms with van der Waals surface area (Å²) in [6.45, 7) is 2.83. The number of nitrogens with zero attached hydrogens (tertiary/aromatic N) is 4. The second-order valence-electron chi connectivity index (χ2n) is 5.67. The summed E-state index contributed by atoms with van der Waals surface area (Å²) < 4.78 is 5.36. The van der Waals surface area contributed by atoms with Crippen LogP contribution in [0.3, 0.4) is 0 Å². The molecule has 0 fully saturated rings. The third kappa shape index (κ3) is 3.13. The van der Waals surface area contributed by atoms with Crippen molar-refractivity contribution in [3.8, 4) is 11.4 Å². The number of nitrogens with one attached hydrogen (secondary N) is 1. The Kier molecular flexibility index (Phi) is 3.85. The van der Waals surface area contributed by atoms with Crippen molar-refractivity contribution in [3.63, 3.8) is 0 Å². The van der Waals surface area contributed by atoms with Crippen molar-refractivity contribution in [3.05, 3.63) is 52.6 Å². The van der Waals surface area contributed by atoms with Crippen molar-refractivity contribution in [2.45, 2.75) is 19.4 Å². The van der Waals surface area contributed by atoms with E-state index in [0.717, 1.165) is 38.0 Å². The van der Waals surface area contributed by atoms with Crippen LogP contribution < -0.4 is 0 Å². The lowest BCUT2D eigenvalue weighted by atomic mass is 10.1. The molecule has 2 aromatic heterocycles. The van der Waals surface area contributed by atoms with Crippen molar-refractivity contribution in [1.82, 2.24) is 25.2 Å². The minimum atomic E-state index is 0.582. The monoisotopic (exact) mass is 329 g/mol. The highest BCUT2D eigenvalue weighted by Crippen LogP contribution is 2.20. The molecule has 3 heterocycles. The van der Waals surface area contributed by atoms with Crippen LogP contribution in [-0.2, 0) is 19.4 Å². The average Bonchev–Trinajstić information content (AvgIpc) is 3.21. The molecule has 7 heteroatoms. The van der Waals surface area contributed by atoms with E-state index in [1.807, 2.05) is 30.5 Å². The Hall–Kier alpha value is -2.18. The zero-order valence-electron chi connectivity index (χ0n) is 12.5. The van der Waals surface area contributed by atoms with E-state index in [-0.39, 0.29) is 0 Å². The largest absolute Gasteiger partial charge is 0.339 e. The molecule has 0 amide bonds. The first-order valence-corrected chi connectivity index (χ1v) is 7.98. The van der Waals surface area contributed by atoms with Crippen LogP contribution in [-0.4, -0.2) is 38.3 Å². The summed E-state index contributed by atoms with van der Waals surface area (Å²) in [6.07, 6.45) is 3.65. The van der Waals surface area contributed by atoms with Gasteiger partial charge < -0.3 is 4.52 Å². The maximum Gasteiger partial charge on any atom is 0.228 e. The molecular weight excluding hydrogens is 314 g/mol. The highest BCUT2D eigenvalue weighted by atomic mass is 35.5. The lowest BCUT2D eigenvalue weighted by molar-refractivity contribution is 0.244. The summed E-state index contributed by atoms with van der Waals surface area (Å²) in [5.74, 6) is 1.23. The number of hydrogen-bond donors (Lipinski definition) is 1. The minimum absolute atomic E-state index is 0.582. The molecule has 6 nitrogen and oxygen atoms in total. The molecule has 23 heavy (non-hydrogen) atoms. The maximum atomic E-state index is 6.00. The molecule has 0 spiro atoms. The predicted molar refractivity (Wildman–Crippen MR) is 86.0 cm³/mol. The van der Waals surface area contributed by atoms with Gasteiger partial charge in [-0.3, -0.25) is 10.00 Å². The number of aromatic nitrogens is 4. The zero-order chi connectivity index (χ0) is 15.6. The lowest BCUT2D eigenvalue weighted by Crippen LogP contribution is -2.31. The van der Waals surface area contributed by atoms with Crippen molar-refractivity contribution < 1.29 is 4.52 Å².